The van der Waals surface area contributed by atoms with Gasteiger partial charge < -0.3 is 5.32 Å². The molecule has 1 rings (SSSR count). The van der Waals surface area contributed by atoms with Crippen LogP contribution in [0.1, 0.15) is 32.8 Å². The van der Waals surface area contributed by atoms with Crippen LogP contribution in [0.2, 0.25) is 5.02 Å². The van der Waals surface area contributed by atoms with Crippen LogP contribution in [0.3, 0.4) is 0 Å². The summed E-state index contributed by atoms with van der Waals surface area (Å²) in [5.41, 5.74) is 0.889. The van der Waals surface area contributed by atoms with E-state index in [0.29, 0.717) is 23.5 Å². The Hall–Kier alpha value is -0.600. The van der Waals surface area contributed by atoms with Crippen molar-refractivity contribution in [3.63, 3.8) is 0 Å². The highest BCUT2D eigenvalue weighted by Gasteiger charge is 2.09. The van der Waals surface area contributed by atoms with Gasteiger partial charge in [0.15, 0.2) is 0 Å². The molecule has 0 aliphatic heterocycles. The van der Waals surface area contributed by atoms with Crippen LogP contribution in [0, 0.1) is 11.7 Å². The summed E-state index contributed by atoms with van der Waals surface area (Å²) in [5.74, 6) is 0.338. The highest BCUT2D eigenvalue weighted by Crippen LogP contribution is 2.15. The first kappa shape index (κ1) is 13.5. The molecule has 0 spiro atoms. The molecule has 0 heterocycles. The molecule has 0 radical (unpaired) electrons. The molecule has 1 aromatic rings. The van der Waals surface area contributed by atoms with Gasteiger partial charge in [0.1, 0.15) is 5.82 Å². The fourth-order valence-electron chi connectivity index (χ4n) is 1.55. The Morgan fingerprint density at radius 2 is 2.00 bits per heavy atom. The molecular formula is C13H19ClFN. The van der Waals surface area contributed by atoms with Crippen LogP contribution in [0.5, 0.6) is 0 Å². The molecule has 0 aliphatic carbocycles. The average Bonchev–Trinajstić information content (AvgIpc) is 2.23. The maximum absolute atomic E-state index is 13.1. The first-order valence-corrected chi connectivity index (χ1v) is 6.09. The number of hydrogen-bond acceptors (Lipinski definition) is 1. The molecule has 0 saturated carbocycles. The summed E-state index contributed by atoms with van der Waals surface area (Å²) in [6.07, 6.45) is 1.14. The second kappa shape index (κ2) is 6.21. The smallest absolute Gasteiger partial charge is 0.125 e. The topological polar surface area (TPSA) is 12.0 Å². The molecule has 1 N–H and O–H groups in total. The third-order valence-electron chi connectivity index (χ3n) is 3.05. The molecular weight excluding hydrogens is 225 g/mol. The predicted octanol–water partition coefficient (Wildman–Crippen LogP) is 4.00. The number of benzene rings is 1. The normalized spacial score (nSPS) is 14.8. The fraction of sp³-hybridized carbons (Fsp3) is 0.538. The van der Waals surface area contributed by atoms with Gasteiger partial charge >= 0.3 is 0 Å². The van der Waals surface area contributed by atoms with E-state index in [-0.39, 0.29) is 5.82 Å². The predicted molar refractivity (Wildman–Crippen MR) is 67.2 cm³/mol. The van der Waals surface area contributed by atoms with E-state index in [1.807, 2.05) is 0 Å². The SMILES string of the molecule is CCC(C)C(C)NCc1cc(F)cc(Cl)c1. The second-order valence-corrected chi connectivity index (χ2v) is 4.77. The molecule has 0 saturated heterocycles. The van der Waals surface area contributed by atoms with Gasteiger partial charge in [-0.15, -0.1) is 0 Å². The third kappa shape index (κ3) is 4.11. The van der Waals surface area contributed by atoms with Crippen molar-refractivity contribution in [1.82, 2.24) is 5.32 Å². The molecule has 2 atom stereocenters. The number of nitrogens with one attached hydrogen (secondary N) is 1. The number of halogens is 2. The molecule has 1 aromatic carbocycles. The van der Waals surface area contributed by atoms with E-state index < -0.39 is 0 Å². The molecule has 0 bridgehead atoms. The first-order valence-electron chi connectivity index (χ1n) is 5.71. The molecule has 0 aliphatic rings. The molecule has 1 nitrogen and oxygen atoms in total. The van der Waals surface area contributed by atoms with Crippen LogP contribution in [0.15, 0.2) is 18.2 Å². The summed E-state index contributed by atoms with van der Waals surface area (Å²) >= 11 is 5.79. The van der Waals surface area contributed by atoms with E-state index in [9.17, 15) is 4.39 Å². The minimum absolute atomic E-state index is 0.277. The van der Waals surface area contributed by atoms with Gasteiger partial charge in [-0.1, -0.05) is 31.9 Å². The summed E-state index contributed by atoms with van der Waals surface area (Å²) in [6, 6.07) is 5.05. The highest BCUT2D eigenvalue weighted by molar-refractivity contribution is 6.30. The summed E-state index contributed by atoms with van der Waals surface area (Å²) in [4.78, 5) is 0. The standard InChI is InChI=1S/C13H19ClFN/c1-4-9(2)10(3)16-8-11-5-12(14)7-13(15)6-11/h5-7,9-10,16H,4,8H2,1-3H3. The van der Waals surface area contributed by atoms with Gasteiger partial charge in [0.05, 0.1) is 0 Å². The Bertz CT molecular complexity index is 320. The van der Waals surface area contributed by atoms with E-state index in [4.69, 9.17) is 11.6 Å². The number of rotatable bonds is 5. The third-order valence-corrected chi connectivity index (χ3v) is 3.27. The lowest BCUT2D eigenvalue weighted by molar-refractivity contribution is 0.389. The van der Waals surface area contributed by atoms with Crippen LogP contribution in [0.25, 0.3) is 0 Å². The van der Waals surface area contributed by atoms with Crippen molar-refractivity contribution in [3.8, 4) is 0 Å². The maximum Gasteiger partial charge on any atom is 0.125 e. The molecule has 3 heteroatoms. The minimum Gasteiger partial charge on any atom is -0.310 e. The van der Waals surface area contributed by atoms with Crippen molar-refractivity contribution in [2.75, 3.05) is 0 Å². The molecule has 16 heavy (non-hydrogen) atoms. The largest absolute Gasteiger partial charge is 0.310 e. The Balaban J connectivity index is 2.54. The first-order chi connectivity index (χ1) is 7.52. The Morgan fingerprint density at radius 1 is 1.31 bits per heavy atom. The Kier molecular flexibility index (Phi) is 5.23. The van der Waals surface area contributed by atoms with Gasteiger partial charge in [-0.3, -0.25) is 0 Å². The van der Waals surface area contributed by atoms with Crippen molar-refractivity contribution in [1.29, 1.82) is 0 Å². The summed E-state index contributed by atoms with van der Waals surface area (Å²) < 4.78 is 13.1. The average molecular weight is 244 g/mol. The van der Waals surface area contributed by atoms with Crippen LogP contribution >= 0.6 is 11.6 Å². The minimum atomic E-state index is -0.277. The monoisotopic (exact) mass is 243 g/mol. The molecule has 90 valence electrons. The summed E-state index contributed by atoms with van der Waals surface area (Å²) in [5, 5.41) is 3.83. The molecule has 0 amide bonds. The van der Waals surface area contributed by atoms with Crippen LogP contribution in [-0.2, 0) is 6.54 Å². The van der Waals surface area contributed by atoms with Gasteiger partial charge in [-0.2, -0.15) is 0 Å². The van der Waals surface area contributed by atoms with E-state index in [0.717, 1.165) is 12.0 Å². The van der Waals surface area contributed by atoms with E-state index in [1.165, 1.54) is 12.1 Å². The van der Waals surface area contributed by atoms with Gasteiger partial charge in [-0.05, 0) is 36.6 Å². The molecule has 2 unspecified atom stereocenters. The van der Waals surface area contributed by atoms with Gasteiger partial charge in [0, 0.05) is 17.6 Å². The van der Waals surface area contributed by atoms with E-state index >= 15 is 0 Å². The van der Waals surface area contributed by atoms with E-state index in [1.54, 1.807) is 6.07 Å². The lowest BCUT2D eigenvalue weighted by atomic mass is 10.0. The van der Waals surface area contributed by atoms with Gasteiger partial charge in [0.2, 0.25) is 0 Å². The van der Waals surface area contributed by atoms with Crippen LogP contribution in [-0.4, -0.2) is 6.04 Å². The van der Waals surface area contributed by atoms with Gasteiger partial charge in [0.25, 0.3) is 0 Å². The van der Waals surface area contributed by atoms with Crippen molar-refractivity contribution >= 4 is 11.6 Å². The Morgan fingerprint density at radius 3 is 2.56 bits per heavy atom. The van der Waals surface area contributed by atoms with Crippen LogP contribution in [0.4, 0.5) is 4.39 Å². The molecule has 0 aromatic heterocycles. The van der Waals surface area contributed by atoms with Crippen LogP contribution < -0.4 is 5.32 Å². The zero-order chi connectivity index (χ0) is 12.1. The summed E-state index contributed by atoms with van der Waals surface area (Å²) in [7, 11) is 0. The van der Waals surface area contributed by atoms with Gasteiger partial charge in [-0.25, -0.2) is 4.39 Å². The van der Waals surface area contributed by atoms with Crippen molar-refractivity contribution in [2.24, 2.45) is 5.92 Å². The molecule has 0 fully saturated rings. The number of hydrogen-bond donors (Lipinski definition) is 1. The Labute approximate surface area is 102 Å². The quantitative estimate of drug-likeness (QED) is 0.824. The zero-order valence-corrected chi connectivity index (χ0v) is 10.8. The zero-order valence-electron chi connectivity index (χ0n) is 10.1. The second-order valence-electron chi connectivity index (χ2n) is 4.33. The summed E-state index contributed by atoms with van der Waals surface area (Å²) in [6.45, 7) is 7.18. The van der Waals surface area contributed by atoms with Crippen molar-refractivity contribution in [2.45, 2.75) is 39.8 Å². The fourth-order valence-corrected chi connectivity index (χ4v) is 1.79. The van der Waals surface area contributed by atoms with E-state index in [2.05, 4.69) is 26.1 Å². The van der Waals surface area contributed by atoms with Crippen molar-refractivity contribution in [3.05, 3.63) is 34.6 Å². The maximum atomic E-state index is 13.1. The van der Waals surface area contributed by atoms with Crippen molar-refractivity contribution < 1.29 is 4.39 Å². The lowest BCUT2D eigenvalue weighted by Crippen LogP contribution is -2.31. The lowest BCUT2D eigenvalue weighted by Gasteiger charge is -2.20. The highest BCUT2D eigenvalue weighted by atomic mass is 35.5.